The Kier molecular flexibility index (Phi) is 4.06. The van der Waals surface area contributed by atoms with Gasteiger partial charge in [0.25, 0.3) is 0 Å². The first kappa shape index (κ1) is 14.0. The first-order chi connectivity index (χ1) is 9.65. The minimum absolute atomic E-state index is 0.326. The molecule has 0 radical (unpaired) electrons. The Morgan fingerprint density at radius 1 is 1.30 bits per heavy atom. The van der Waals surface area contributed by atoms with Crippen LogP contribution in [0.1, 0.15) is 11.5 Å². The minimum Gasteiger partial charge on any atom is -0.398 e. The van der Waals surface area contributed by atoms with Gasteiger partial charge in [-0.25, -0.2) is 0 Å². The normalized spacial score (nSPS) is 18.8. The maximum Gasteiger partial charge on any atom is 0.0618 e. The summed E-state index contributed by atoms with van der Waals surface area (Å²) in [7, 11) is -1.10. The molecule has 5 heteroatoms. The average molecular weight is 324 g/mol. The molecule has 0 saturated carbocycles. The summed E-state index contributed by atoms with van der Waals surface area (Å²) in [6.45, 7) is 0. The lowest BCUT2D eigenvalue weighted by atomic mass is 10.0. The summed E-state index contributed by atoms with van der Waals surface area (Å²) >= 11 is 7.71. The predicted octanol–water partition coefficient (Wildman–Crippen LogP) is 3.92. The third kappa shape index (κ3) is 2.73. The quantitative estimate of drug-likeness (QED) is 0.871. The number of halogens is 1. The van der Waals surface area contributed by atoms with Crippen LogP contribution in [-0.2, 0) is 10.8 Å². The van der Waals surface area contributed by atoms with Gasteiger partial charge in [0.15, 0.2) is 0 Å². The molecule has 0 aromatic heterocycles. The van der Waals surface area contributed by atoms with Crippen LogP contribution in [0.5, 0.6) is 0 Å². The van der Waals surface area contributed by atoms with Crippen molar-refractivity contribution in [2.45, 2.75) is 15.7 Å². The number of benzene rings is 2. The van der Waals surface area contributed by atoms with Crippen LogP contribution in [0, 0.1) is 0 Å². The molecule has 0 saturated heterocycles. The van der Waals surface area contributed by atoms with E-state index in [0.717, 1.165) is 5.75 Å². The Bertz CT molecular complexity index is 675. The van der Waals surface area contributed by atoms with Crippen LogP contribution >= 0.6 is 23.4 Å². The molecule has 0 amide bonds. The lowest BCUT2D eigenvalue weighted by molar-refractivity contribution is 0.678. The van der Waals surface area contributed by atoms with Crippen molar-refractivity contribution in [3.63, 3.8) is 0 Å². The second-order valence-electron chi connectivity index (χ2n) is 4.74. The van der Waals surface area contributed by atoms with E-state index in [-0.39, 0.29) is 0 Å². The molecular formula is C15H14ClNOS2. The zero-order valence-corrected chi connectivity index (χ0v) is 13.1. The number of thioether (sulfide) groups is 1. The van der Waals surface area contributed by atoms with Crippen molar-refractivity contribution >= 4 is 39.8 Å². The number of hydrogen-bond acceptors (Lipinski definition) is 3. The summed E-state index contributed by atoms with van der Waals surface area (Å²) in [5.74, 6) is 1.92. The van der Waals surface area contributed by atoms with E-state index in [1.807, 2.05) is 23.9 Å². The molecule has 2 atom stereocenters. The summed E-state index contributed by atoms with van der Waals surface area (Å²) in [6, 6.07) is 13.5. The molecule has 0 fully saturated rings. The van der Waals surface area contributed by atoms with Gasteiger partial charge in [0, 0.05) is 33.0 Å². The van der Waals surface area contributed by atoms with E-state index in [1.54, 1.807) is 18.2 Å². The number of nitrogen functional groups attached to an aromatic ring is 1. The molecule has 2 aromatic rings. The molecular weight excluding hydrogens is 310 g/mol. The Hall–Kier alpha value is -0.970. The Balaban J connectivity index is 1.81. The first-order valence-corrected chi connectivity index (χ1v) is 8.98. The van der Waals surface area contributed by atoms with Crippen LogP contribution in [0.2, 0.25) is 5.02 Å². The number of anilines is 1. The number of fused-ring (bicyclic) bond motifs is 1. The van der Waals surface area contributed by atoms with Gasteiger partial charge in [-0.15, -0.1) is 11.8 Å². The molecule has 1 aliphatic heterocycles. The molecule has 0 aliphatic carbocycles. The monoisotopic (exact) mass is 323 g/mol. The van der Waals surface area contributed by atoms with E-state index in [0.29, 0.717) is 27.3 Å². The fourth-order valence-electron chi connectivity index (χ4n) is 2.37. The molecule has 2 N–H and O–H groups in total. The molecule has 20 heavy (non-hydrogen) atoms. The topological polar surface area (TPSA) is 43.1 Å². The summed E-state index contributed by atoms with van der Waals surface area (Å²) in [5.41, 5.74) is 7.72. The SMILES string of the molecule is Nc1cc(Cl)ccc1S(=O)CC1CSc2ccccc21. The van der Waals surface area contributed by atoms with E-state index >= 15 is 0 Å². The maximum atomic E-state index is 12.5. The molecule has 3 rings (SSSR count). The summed E-state index contributed by atoms with van der Waals surface area (Å²) in [4.78, 5) is 1.99. The van der Waals surface area contributed by atoms with Gasteiger partial charge >= 0.3 is 0 Å². The van der Waals surface area contributed by atoms with E-state index in [4.69, 9.17) is 17.3 Å². The summed E-state index contributed by atoms with van der Waals surface area (Å²) in [6.07, 6.45) is 0. The Morgan fingerprint density at radius 2 is 2.10 bits per heavy atom. The number of nitrogens with two attached hydrogens (primary N) is 1. The van der Waals surface area contributed by atoms with Gasteiger partial charge in [-0.05, 0) is 29.8 Å². The Labute approximate surface area is 130 Å². The second kappa shape index (κ2) is 5.80. The predicted molar refractivity (Wildman–Crippen MR) is 87.0 cm³/mol. The zero-order valence-electron chi connectivity index (χ0n) is 10.7. The summed E-state index contributed by atoms with van der Waals surface area (Å²) in [5, 5.41) is 0.574. The number of hydrogen-bond donors (Lipinski definition) is 1. The third-order valence-electron chi connectivity index (χ3n) is 3.37. The largest absolute Gasteiger partial charge is 0.398 e. The highest BCUT2D eigenvalue weighted by Crippen LogP contribution is 2.40. The van der Waals surface area contributed by atoms with Crippen LogP contribution in [0.15, 0.2) is 52.3 Å². The molecule has 2 aromatic carbocycles. The molecule has 0 bridgehead atoms. The fourth-order valence-corrected chi connectivity index (χ4v) is 5.33. The Morgan fingerprint density at radius 3 is 2.90 bits per heavy atom. The second-order valence-corrected chi connectivity index (χ2v) is 7.70. The van der Waals surface area contributed by atoms with Crippen molar-refractivity contribution in [2.75, 3.05) is 17.2 Å². The minimum atomic E-state index is -1.10. The van der Waals surface area contributed by atoms with Crippen LogP contribution in [0.3, 0.4) is 0 Å². The van der Waals surface area contributed by atoms with Crippen molar-refractivity contribution < 1.29 is 4.21 Å². The van der Waals surface area contributed by atoms with Crippen molar-refractivity contribution in [1.29, 1.82) is 0 Å². The zero-order chi connectivity index (χ0) is 14.1. The molecule has 2 nitrogen and oxygen atoms in total. The molecule has 104 valence electrons. The highest BCUT2D eigenvalue weighted by molar-refractivity contribution is 7.99. The van der Waals surface area contributed by atoms with Gasteiger partial charge in [-0.2, -0.15) is 0 Å². The maximum absolute atomic E-state index is 12.5. The third-order valence-corrected chi connectivity index (χ3v) is 6.42. The number of rotatable bonds is 3. The molecule has 2 unspecified atom stereocenters. The fraction of sp³-hybridized carbons (Fsp3) is 0.200. The lowest BCUT2D eigenvalue weighted by Gasteiger charge is -2.12. The van der Waals surface area contributed by atoms with Crippen LogP contribution < -0.4 is 5.73 Å². The lowest BCUT2D eigenvalue weighted by Crippen LogP contribution is -2.10. The van der Waals surface area contributed by atoms with Crippen molar-refractivity contribution in [3.05, 3.63) is 53.1 Å². The molecule has 1 heterocycles. The standard InChI is InChI=1S/C15H14ClNOS2/c16-11-5-6-15(13(17)7-11)20(18)9-10-8-19-14-4-2-1-3-12(10)14/h1-7,10H,8-9,17H2. The smallest absolute Gasteiger partial charge is 0.0618 e. The molecule has 1 aliphatic rings. The van der Waals surface area contributed by atoms with E-state index in [9.17, 15) is 4.21 Å². The van der Waals surface area contributed by atoms with Crippen LogP contribution in [0.25, 0.3) is 0 Å². The summed E-state index contributed by atoms with van der Waals surface area (Å²) < 4.78 is 12.5. The first-order valence-electron chi connectivity index (χ1n) is 6.30. The van der Waals surface area contributed by atoms with E-state index < -0.39 is 10.8 Å². The van der Waals surface area contributed by atoms with Crippen molar-refractivity contribution in [2.24, 2.45) is 0 Å². The van der Waals surface area contributed by atoms with Crippen LogP contribution in [0.4, 0.5) is 5.69 Å². The van der Waals surface area contributed by atoms with E-state index in [2.05, 4.69) is 12.1 Å². The van der Waals surface area contributed by atoms with Gasteiger partial charge in [-0.3, -0.25) is 4.21 Å². The molecule has 0 spiro atoms. The van der Waals surface area contributed by atoms with Crippen molar-refractivity contribution in [3.8, 4) is 0 Å². The van der Waals surface area contributed by atoms with Gasteiger partial charge in [0.2, 0.25) is 0 Å². The van der Waals surface area contributed by atoms with Gasteiger partial charge in [-0.1, -0.05) is 29.8 Å². The van der Waals surface area contributed by atoms with Crippen molar-refractivity contribution in [1.82, 2.24) is 0 Å². The highest BCUT2D eigenvalue weighted by atomic mass is 35.5. The van der Waals surface area contributed by atoms with Gasteiger partial charge < -0.3 is 5.73 Å². The van der Waals surface area contributed by atoms with Gasteiger partial charge in [0.05, 0.1) is 15.7 Å². The van der Waals surface area contributed by atoms with Crippen LogP contribution in [-0.4, -0.2) is 15.7 Å². The van der Waals surface area contributed by atoms with Gasteiger partial charge in [0.1, 0.15) is 0 Å². The highest BCUT2D eigenvalue weighted by Gasteiger charge is 2.25. The van der Waals surface area contributed by atoms with E-state index in [1.165, 1.54) is 10.5 Å². The average Bonchev–Trinajstić information content (AvgIpc) is 2.82.